The number of nitrogen functional groups attached to an aromatic ring is 1. The monoisotopic (exact) mass is 384 g/mol. The van der Waals surface area contributed by atoms with Crippen LogP contribution in [0, 0.1) is 0 Å². The third-order valence-corrected chi connectivity index (χ3v) is 4.45. The zero-order valence-electron chi connectivity index (χ0n) is 14.2. The van der Waals surface area contributed by atoms with E-state index in [1.807, 2.05) is 0 Å². The molecule has 0 heterocycles. The van der Waals surface area contributed by atoms with Crippen molar-refractivity contribution >= 4 is 24.0 Å². The molecule has 3 nitrogen and oxygen atoms in total. The van der Waals surface area contributed by atoms with E-state index in [4.69, 9.17) is 5.73 Å². The highest BCUT2D eigenvalue weighted by atomic mass is 35.5. The van der Waals surface area contributed by atoms with Crippen molar-refractivity contribution in [1.29, 1.82) is 0 Å². The van der Waals surface area contributed by atoms with Gasteiger partial charge in [0, 0.05) is 17.3 Å². The molecule has 1 fully saturated rings. The Morgan fingerprint density at radius 3 is 2.31 bits per heavy atom. The zero-order chi connectivity index (χ0) is 18.2. The van der Waals surface area contributed by atoms with Crippen LogP contribution in [-0.4, -0.2) is 16.8 Å². The Kier molecular flexibility index (Phi) is 5.86. The molecule has 0 radical (unpaired) electrons. The number of benzene rings is 2. The van der Waals surface area contributed by atoms with Crippen LogP contribution in [0.5, 0.6) is 0 Å². The van der Waals surface area contributed by atoms with Crippen LogP contribution in [0.15, 0.2) is 48.5 Å². The zero-order valence-corrected chi connectivity index (χ0v) is 15.0. The minimum atomic E-state index is -4.40. The third kappa shape index (κ3) is 4.30. The highest BCUT2D eigenvalue weighted by molar-refractivity contribution is 5.95. The van der Waals surface area contributed by atoms with Gasteiger partial charge in [-0.15, -0.1) is 12.4 Å². The van der Waals surface area contributed by atoms with Gasteiger partial charge in [-0.1, -0.05) is 12.1 Å². The first-order valence-electron chi connectivity index (χ1n) is 8.13. The van der Waals surface area contributed by atoms with Gasteiger partial charge < -0.3 is 10.6 Å². The number of hydrogen-bond acceptors (Lipinski definition) is 2. The second-order valence-electron chi connectivity index (χ2n) is 6.36. The molecule has 26 heavy (non-hydrogen) atoms. The summed E-state index contributed by atoms with van der Waals surface area (Å²) in [5.41, 5.74) is 6.47. The fourth-order valence-corrected chi connectivity index (χ4v) is 2.92. The van der Waals surface area contributed by atoms with E-state index in [0.717, 1.165) is 25.0 Å². The lowest BCUT2D eigenvalue weighted by Crippen LogP contribution is -2.35. The molecule has 3 rings (SSSR count). The topological polar surface area (TPSA) is 46.3 Å². The van der Waals surface area contributed by atoms with Gasteiger partial charge in [0.2, 0.25) is 0 Å². The molecule has 1 atom stereocenters. The molecule has 140 valence electrons. The van der Waals surface area contributed by atoms with Crippen LogP contribution >= 0.6 is 12.4 Å². The van der Waals surface area contributed by atoms with E-state index >= 15 is 0 Å². The summed E-state index contributed by atoms with van der Waals surface area (Å²) in [6.07, 6.45) is -2.67. The Bertz CT molecular complexity index is 773. The van der Waals surface area contributed by atoms with Gasteiger partial charge in [0.25, 0.3) is 5.91 Å². The standard InChI is InChI=1S/C19H19F3N2O.ClH/c1-12(14-3-2-4-15(11-14)19(20,21)22)24(17-9-10-17)18(25)13-5-7-16(23)8-6-13;/h2-8,11-12,17H,9-10,23H2,1H3;1H. The molecule has 2 aromatic carbocycles. The van der Waals surface area contributed by atoms with Crippen molar-refractivity contribution in [1.82, 2.24) is 4.90 Å². The lowest BCUT2D eigenvalue weighted by atomic mass is 10.0. The van der Waals surface area contributed by atoms with E-state index in [2.05, 4.69) is 0 Å². The number of anilines is 1. The molecule has 0 saturated heterocycles. The number of rotatable bonds is 4. The molecule has 1 aliphatic carbocycles. The molecule has 1 unspecified atom stereocenters. The molecule has 1 aliphatic rings. The first-order chi connectivity index (χ1) is 11.8. The van der Waals surface area contributed by atoms with Gasteiger partial charge in [0.1, 0.15) is 0 Å². The Morgan fingerprint density at radius 1 is 1.15 bits per heavy atom. The number of carbonyl (C=O) groups is 1. The summed E-state index contributed by atoms with van der Waals surface area (Å²) in [4.78, 5) is 14.6. The number of amides is 1. The summed E-state index contributed by atoms with van der Waals surface area (Å²) in [6, 6.07) is 11.4. The van der Waals surface area contributed by atoms with E-state index < -0.39 is 17.8 Å². The van der Waals surface area contributed by atoms with E-state index in [9.17, 15) is 18.0 Å². The average Bonchev–Trinajstić information content (AvgIpc) is 3.39. The summed E-state index contributed by atoms with van der Waals surface area (Å²) < 4.78 is 38.9. The molecule has 1 saturated carbocycles. The Hall–Kier alpha value is -2.21. The molecular formula is C19H20ClF3N2O. The van der Waals surface area contributed by atoms with E-state index in [-0.39, 0.29) is 24.4 Å². The highest BCUT2D eigenvalue weighted by Crippen LogP contribution is 2.37. The fraction of sp³-hybridized carbons (Fsp3) is 0.316. The van der Waals surface area contributed by atoms with Gasteiger partial charge >= 0.3 is 6.18 Å². The summed E-state index contributed by atoms with van der Waals surface area (Å²) in [7, 11) is 0. The molecule has 2 aromatic rings. The lowest BCUT2D eigenvalue weighted by Gasteiger charge is -2.30. The van der Waals surface area contributed by atoms with Crippen LogP contribution in [0.3, 0.4) is 0 Å². The van der Waals surface area contributed by atoms with Crippen LogP contribution in [-0.2, 0) is 6.18 Å². The largest absolute Gasteiger partial charge is 0.416 e. The van der Waals surface area contributed by atoms with Gasteiger partial charge in [-0.2, -0.15) is 13.2 Å². The fourth-order valence-electron chi connectivity index (χ4n) is 2.92. The van der Waals surface area contributed by atoms with Crippen LogP contribution in [0.25, 0.3) is 0 Å². The van der Waals surface area contributed by atoms with Crippen molar-refractivity contribution in [2.24, 2.45) is 0 Å². The smallest absolute Gasteiger partial charge is 0.399 e. The number of alkyl halides is 3. The van der Waals surface area contributed by atoms with E-state index in [0.29, 0.717) is 16.8 Å². The van der Waals surface area contributed by atoms with Crippen LogP contribution in [0.2, 0.25) is 0 Å². The summed E-state index contributed by atoms with van der Waals surface area (Å²) in [6.45, 7) is 1.77. The maximum Gasteiger partial charge on any atom is 0.416 e. The van der Waals surface area contributed by atoms with Crippen molar-refractivity contribution in [2.45, 2.75) is 38.0 Å². The number of hydrogen-bond donors (Lipinski definition) is 1. The van der Waals surface area contributed by atoms with Gasteiger partial charge in [-0.25, -0.2) is 0 Å². The van der Waals surface area contributed by atoms with Crippen molar-refractivity contribution in [3.05, 3.63) is 65.2 Å². The Morgan fingerprint density at radius 2 is 1.77 bits per heavy atom. The second-order valence-corrected chi connectivity index (χ2v) is 6.36. The third-order valence-electron chi connectivity index (χ3n) is 4.45. The molecule has 2 N–H and O–H groups in total. The van der Waals surface area contributed by atoms with Crippen LogP contribution in [0.1, 0.15) is 47.3 Å². The molecule has 0 spiro atoms. The Labute approximate surface area is 156 Å². The highest BCUT2D eigenvalue weighted by Gasteiger charge is 2.37. The molecule has 0 aromatic heterocycles. The summed E-state index contributed by atoms with van der Waals surface area (Å²) >= 11 is 0. The minimum absolute atomic E-state index is 0. The number of nitrogens with two attached hydrogens (primary N) is 1. The number of halogens is 4. The minimum Gasteiger partial charge on any atom is -0.399 e. The second kappa shape index (κ2) is 7.58. The molecule has 0 bridgehead atoms. The maximum absolute atomic E-state index is 13.0. The average molecular weight is 385 g/mol. The predicted octanol–water partition coefficient (Wildman–Crippen LogP) is 5.08. The number of nitrogens with zero attached hydrogens (tertiary/aromatic N) is 1. The predicted molar refractivity (Wildman–Crippen MR) is 97.2 cm³/mol. The molecule has 1 amide bonds. The van der Waals surface area contributed by atoms with E-state index in [1.165, 1.54) is 6.07 Å². The molecular weight excluding hydrogens is 365 g/mol. The quantitative estimate of drug-likeness (QED) is 0.747. The normalized spacial score (nSPS) is 15.1. The van der Waals surface area contributed by atoms with Gasteiger partial charge in [0.15, 0.2) is 0 Å². The van der Waals surface area contributed by atoms with Crippen LogP contribution in [0.4, 0.5) is 18.9 Å². The van der Waals surface area contributed by atoms with Gasteiger partial charge in [-0.05, 0) is 61.7 Å². The van der Waals surface area contributed by atoms with Gasteiger partial charge in [-0.3, -0.25) is 4.79 Å². The van der Waals surface area contributed by atoms with E-state index in [1.54, 1.807) is 42.2 Å². The van der Waals surface area contributed by atoms with Crippen LogP contribution < -0.4 is 5.73 Å². The number of carbonyl (C=O) groups excluding carboxylic acids is 1. The van der Waals surface area contributed by atoms with Crippen molar-refractivity contribution in [2.75, 3.05) is 5.73 Å². The Balaban J connectivity index is 0.00000243. The molecule has 7 heteroatoms. The summed E-state index contributed by atoms with van der Waals surface area (Å²) in [5.74, 6) is -0.188. The van der Waals surface area contributed by atoms with Crippen molar-refractivity contribution < 1.29 is 18.0 Å². The molecule has 0 aliphatic heterocycles. The lowest BCUT2D eigenvalue weighted by molar-refractivity contribution is -0.137. The van der Waals surface area contributed by atoms with Gasteiger partial charge in [0.05, 0.1) is 11.6 Å². The summed E-state index contributed by atoms with van der Waals surface area (Å²) in [5, 5.41) is 0. The first-order valence-corrected chi connectivity index (χ1v) is 8.13. The SMILES string of the molecule is CC(c1cccc(C(F)(F)F)c1)N(C(=O)c1ccc(N)cc1)C1CC1.Cl. The maximum atomic E-state index is 13.0. The van der Waals surface area contributed by atoms with Crippen molar-refractivity contribution in [3.8, 4) is 0 Å². The van der Waals surface area contributed by atoms with Crippen molar-refractivity contribution in [3.63, 3.8) is 0 Å². The first kappa shape index (κ1) is 20.1.